The van der Waals surface area contributed by atoms with Crippen molar-refractivity contribution in [3.63, 3.8) is 0 Å². The number of amides is 1. The van der Waals surface area contributed by atoms with E-state index in [0.717, 1.165) is 11.0 Å². The number of carbonyl (C=O) groups excluding carboxylic acids is 1. The fraction of sp³-hybridized carbons (Fsp3) is 0.385. The van der Waals surface area contributed by atoms with Gasteiger partial charge in [0.25, 0.3) is 11.5 Å². The molecule has 2 heterocycles. The molecule has 1 N–H and O–H groups in total. The predicted molar refractivity (Wildman–Crippen MR) is 74.8 cm³/mol. The van der Waals surface area contributed by atoms with Crippen LogP contribution in [-0.4, -0.2) is 26.6 Å². The number of nitrogens with zero attached hydrogens (tertiary/aromatic N) is 3. The van der Waals surface area contributed by atoms with E-state index >= 15 is 0 Å². The molecule has 0 saturated heterocycles. The summed E-state index contributed by atoms with van der Waals surface area (Å²) in [7, 11) is 2.93. The van der Waals surface area contributed by atoms with E-state index in [0.29, 0.717) is 12.1 Å². The van der Waals surface area contributed by atoms with Gasteiger partial charge in [0, 0.05) is 26.8 Å². The zero-order valence-electron chi connectivity index (χ0n) is 11.6. The fourth-order valence-corrected chi connectivity index (χ4v) is 1.93. The summed E-state index contributed by atoms with van der Waals surface area (Å²) in [5.41, 5.74) is -0.328. The van der Waals surface area contributed by atoms with Gasteiger partial charge in [-0.1, -0.05) is 6.92 Å². The molecule has 2 aromatic heterocycles. The van der Waals surface area contributed by atoms with E-state index in [4.69, 9.17) is 0 Å². The molecule has 2 rings (SSSR count). The van der Waals surface area contributed by atoms with Crippen LogP contribution in [0.2, 0.25) is 0 Å². The molecule has 0 aliphatic rings. The third-order valence-electron chi connectivity index (χ3n) is 3.09. The van der Waals surface area contributed by atoms with Gasteiger partial charge >= 0.3 is 5.69 Å². The smallest absolute Gasteiger partial charge is 0.332 e. The fourth-order valence-electron chi connectivity index (χ4n) is 1.93. The maximum absolute atomic E-state index is 12.1. The molecule has 0 unspecified atom stereocenters. The Hall–Kier alpha value is -2.44. The zero-order valence-corrected chi connectivity index (χ0v) is 11.6. The van der Waals surface area contributed by atoms with Crippen LogP contribution in [0.5, 0.6) is 0 Å². The summed E-state index contributed by atoms with van der Waals surface area (Å²) in [6.45, 7) is 2.51. The number of aromatic nitrogens is 3. The summed E-state index contributed by atoms with van der Waals surface area (Å²) >= 11 is 0. The van der Waals surface area contributed by atoms with Crippen molar-refractivity contribution in [2.75, 3.05) is 6.54 Å². The number of pyridine rings is 1. The van der Waals surface area contributed by atoms with Gasteiger partial charge in [0.15, 0.2) is 0 Å². The first-order chi connectivity index (χ1) is 9.47. The van der Waals surface area contributed by atoms with Crippen molar-refractivity contribution in [2.45, 2.75) is 13.3 Å². The van der Waals surface area contributed by atoms with Crippen LogP contribution in [0.4, 0.5) is 0 Å². The summed E-state index contributed by atoms with van der Waals surface area (Å²) in [6, 6.07) is 1.47. The summed E-state index contributed by atoms with van der Waals surface area (Å²) in [5, 5.41) is 2.97. The largest absolute Gasteiger partial charge is 0.352 e. The summed E-state index contributed by atoms with van der Waals surface area (Å²) in [4.78, 5) is 39.8. The predicted octanol–water partition coefficient (Wildman–Crippen LogP) is -0.228. The van der Waals surface area contributed by atoms with Gasteiger partial charge < -0.3 is 5.32 Å². The Labute approximate surface area is 114 Å². The van der Waals surface area contributed by atoms with Crippen molar-refractivity contribution in [2.24, 2.45) is 14.1 Å². The molecule has 0 saturated carbocycles. The molecule has 20 heavy (non-hydrogen) atoms. The number of nitrogens with one attached hydrogen (secondary N) is 1. The Balaban J connectivity index is 2.63. The molecule has 7 nitrogen and oxygen atoms in total. The average Bonchev–Trinajstić information content (AvgIpc) is 2.47. The van der Waals surface area contributed by atoms with Crippen LogP contribution in [0.3, 0.4) is 0 Å². The first kappa shape index (κ1) is 14.0. The second-order valence-corrected chi connectivity index (χ2v) is 4.56. The number of fused-ring (bicyclic) bond motifs is 1. The minimum Gasteiger partial charge on any atom is -0.352 e. The van der Waals surface area contributed by atoms with Crippen molar-refractivity contribution >= 4 is 16.9 Å². The van der Waals surface area contributed by atoms with Crippen LogP contribution in [0.15, 0.2) is 21.9 Å². The summed E-state index contributed by atoms with van der Waals surface area (Å²) < 4.78 is 2.28. The van der Waals surface area contributed by atoms with E-state index in [1.54, 1.807) is 0 Å². The number of hydrogen-bond acceptors (Lipinski definition) is 4. The Morgan fingerprint density at radius 3 is 2.65 bits per heavy atom. The van der Waals surface area contributed by atoms with Gasteiger partial charge in [-0.05, 0) is 12.5 Å². The number of hydrogen-bond donors (Lipinski definition) is 1. The van der Waals surface area contributed by atoms with Gasteiger partial charge in [-0.2, -0.15) is 0 Å². The second-order valence-electron chi connectivity index (χ2n) is 4.56. The molecular formula is C13H16N4O3. The molecule has 0 spiro atoms. The van der Waals surface area contributed by atoms with Gasteiger partial charge in [-0.15, -0.1) is 0 Å². The first-order valence-corrected chi connectivity index (χ1v) is 6.31. The highest BCUT2D eigenvalue weighted by Gasteiger charge is 2.13. The van der Waals surface area contributed by atoms with Crippen molar-refractivity contribution in [3.05, 3.63) is 38.7 Å². The summed E-state index contributed by atoms with van der Waals surface area (Å²) in [6.07, 6.45) is 2.19. The van der Waals surface area contributed by atoms with Crippen molar-refractivity contribution < 1.29 is 4.79 Å². The lowest BCUT2D eigenvalue weighted by atomic mass is 10.2. The topological polar surface area (TPSA) is 86.0 Å². The molecule has 0 aromatic carbocycles. The van der Waals surface area contributed by atoms with Crippen LogP contribution in [0, 0.1) is 0 Å². The minimum atomic E-state index is -0.458. The highest BCUT2D eigenvalue weighted by atomic mass is 16.2. The lowest BCUT2D eigenvalue weighted by Crippen LogP contribution is -2.37. The van der Waals surface area contributed by atoms with Gasteiger partial charge in [0.1, 0.15) is 5.65 Å². The minimum absolute atomic E-state index is 0.249. The number of aryl methyl sites for hydroxylation is 1. The molecule has 0 radical (unpaired) electrons. The summed E-state index contributed by atoms with van der Waals surface area (Å²) in [5.74, 6) is -0.280. The van der Waals surface area contributed by atoms with Crippen LogP contribution in [0.25, 0.3) is 11.0 Å². The van der Waals surface area contributed by atoms with E-state index in [9.17, 15) is 14.4 Å². The number of rotatable bonds is 3. The van der Waals surface area contributed by atoms with E-state index in [-0.39, 0.29) is 16.9 Å². The SMILES string of the molecule is CCCNC(=O)c1cnc2c(c1)c(=O)n(C)c(=O)n2C. The Morgan fingerprint density at radius 2 is 2.00 bits per heavy atom. The molecule has 0 aliphatic carbocycles. The molecule has 2 aromatic rings. The average molecular weight is 276 g/mol. The molecule has 0 aliphatic heterocycles. The van der Waals surface area contributed by atoms with Gasteiger partial charge in [-0.25, -0.2) is 9.78 Å². The van der Waals surface area contributed by atoms with Crippen molar-refractivity contribution in [1.29, 1.82) is 0 Å². The maximum Gasteiger partial charge on any atom is 0.332 e. The maximum atomic E-state index is 12.1. The van der Waals surface area contributed by atoms with Crippen LogP contribution in [-0.2, 0) is 14.1 Å². The van der Waals surface area contributed by atoms with E-state index in [2.05, 4.69) is 10.3 Å². The molecule has 0 atom stereocenters. The molecule has 0 bridgehead atoms. The van der Waals surface area contributed by atoms with E-state index < -0.39 is 11.2 Å². The van der Waals surface area contributed by atoms with E-state index in [1.807, 2.05) is 6.92 Å². The quantitative estimate of drug-likeness (QED) is 0.839. The van der Waals surface area contributed by atoms with Crippen LogP contribution in [0.1, 0.15) is 23.7 Å². The first-order valence-electron chi connectivity index (χ1n) is 6.31. The van der Waals surface area contributed by atoms with Crippen LogP contribution >= 0.6 is 0 Å². The lowest BCUT2D eigenvalue weighted by Gasteiger charge is -2.08. The second kappa shape index (κ2) is 5.28. The highest BCUT2D eigenvalue weighted by Crippen LogP contribution is 2.07. The molecular weight excluding hydrogens is 260 g/mol. The van der Waals surface area contributed by atoms with Crippen molar-refractivity contribution in [3.8, 4) is 0 Å². The number of carbonyl (C=O) groups is 1. The van der Waals surface area contributed by atoms with Gasteiger partial charge in [-0.3, -0.25) is 18.7 Å². The zero-order chi connectivity index (χ0) is 14.9. The molecule has 7 heteroatoms. The van der Waals surface area contributed by atoms with Crippen molar-refractivity contribution in [1.82, 2.24) is 19.4 Å². The Bertz CT molecular complexity index is 789. The van der Waals surface area contributed by atoms with Gasteiger partial charge in [0.05, 0.1) is 10.9 Å². The highest BCUT2D eigenvalue weighted by molar-refractivity contribution is 5.96. The normalized spacial score (nSPS) is 10.8. The third kappa shape index (κ3) is 2.22. The monoisotopic (exact) mass is 276 g/mol. The van der Waals surface area contributed by atoms with Crippen LogP contribution < -0.4 is 16.6 Å². The third-order valence-corrected chi connectivity index (χ3v) is 3.09. The molecule has 0 fully saturated rings. The van der Waals surface area contributed by atoms with E-state index in [1.165, 1.54) is 30.9 Å². The molecule has 106 valence electrons. The molecule has 1 amide bonds. The lowest BCUT2D eigenvalue weighted by molar-refractivity contribution is 0.0953. The standard InChI is InChI=1S/C13H16N4O3/c1-4-5-14-11(18)8-6-9-10(15-7-8)16(2)13(20)17(3)12(9)19/h6-7H,4-5H2,1-3H3,(H,14,18). The van der Waals surface area contributed by atoms with Gasteiger partial charge in [0.2, 0.25) is 0 Å². The Kier molecular flexibility index (Phi) is 3.69. The Morgan fingerprint density at radius 1 is 1.30 bits per heavy atom.